The largest absolute Gasteiger partial charge is 0.488 e. The molecular weight excluding hydrogens is 288 g/mol. The summed E-state index contributed by atoms with van der Waals surface area (Å²) in [5.74, 6) is 0.517. The number of carbonyl (C=O) groups excluding carboxylic acids is 1. The van der Waals surface area contributed by atoms with Crippen molar-refractivity contribution >= 4 is 5.91 Å². The first-order valence-electron chi connectivity index (χ1n) is 8.18. The van der Waals surface area contributed by atoms with Gasteiger partial charge in [0.1, 0.15) is 0 Å². The molecule has 23 heavy (non-hydrogen) atoms. The van der Waals surface area contributed by atoms with Crippen molar-refractivity contribution in [1.29, 1.82) is 0 Å². The van der Waals surface area contributed by atoms with Crippen molar-refractivity contribution in [3.8, 4) is 0 Å². The van der Waals surface area contributed by atoms with E-state index < -0.39 is 0 Å². The molecule has 0 aliphatic carbocycles. The maximum Gasteiger partial charge on any atom is 0.289 e. The smallest absolute Gasteiger partial charge is 0.289 e. The molecule has 0 saturated heterocycles. The van der Waals surface area contributed by atoms with Crippen LogP contribution in [-0.4, -0.2) is 28.5 Å². The van der Waals surface area contributed by atoms with Crippen molar-refractivity contribution in [2.24, 2.45) is 0 Å². The molecule has 0 N–H and O–H groups in total. The van der Waals surface area contributed by atoms with Gasteiger partial charge in [-0.15, -0.1) is 0 Å². The predicted molar refractivity (Wildman–Crippen MR) is 87.7 cm³/mol. The van der Waals surface area contributed by atoms with E-state index >= 15 is 0 Å². The molecule has 4 heteroatoms. The summed E-state index contributed by atoms with van der Waals surface area (Å²) in [5, 5.41) is 0. The van der Waals surface area contributed by atoms with E-state index in [-0.39, 0.29) is 11.9 Å². The molecule has 118 valence electrons. The highest BCUT2D eigenvalue weighted by Gasteiger charge is 2.34. The Balaban J connectivity index is 1.73. The van der Waals surface area contributed by atoms with Gasteiger partial charge in [-0.2, -0.15) is 0 Å². The number of nitrogens with zero attached hydrogens (tertiary/aromatic N) is 2. The van der Waals surface area contributed by atoms with Crippen LogP contribution >= 0.6 is 0 Å². The summed E-state index contributed by atoms with van der Waals surface area (Å²) < 4.78 is 7.84. The molecule has 0 radical (unpaired) electrons. The molecule has 1 aromatic heterocycles. The number of aromatic nitrogens is 1. The predicted octanol–water partition coefficient (Wildman–Crippen LogP) is 3.11. The lowest BCUT2D eigenvalue weighted by atomic mass is 9.99. The molecule has 4 nitrogen and oxygen atoms in total. The van der Waals surface area contributed by atoms with Crippen LogP contribution in [0.1, 0.15) is 30.1 Å². The van der Waals surface area contributed by atoms with Crippen LogP contribution in [0.25, 0.3) is 0 Å². The minimum absolute atomic E-state index is 0.00556. The van der Waals surface area contributed by atoms with E-state index in [0.29, 0.717) is 18.9 Å². The Labute approximate surface area is 136 Å². The van der Waals surface area contributed by atoms with Crippen LogP contribution in [0.2, 0.25) is 0 Å². The molecule has 0 saturated carbocycles. The average molecular weight is 308 g/mol. The van der Waals surface area contributed by atoms with Crippen LogP contribution in [0.5, 0.6) is 0 Å². The van der Waals surface area contributed by atoms with E-state index in [0.717, 1.165) is 30.6 Å². The highest BCUT2D eigenvalue weighted by molar-refractivity contribution is 5.92. The summed E-state index contributed by atoms with van der Waals surface area (Å²) in [4.78, 5) is 14.9. The summed E-state index contributed by atoms with van der Waals surface area (Å²) in [6.07, 6.45) is 5.92. The molecule has 2 aliphatic heterocycles. The first kappa shape index (κ1) is 14.1. The van der Waals surface area contributed by atoms with E-state index in [9.17, 15) is 4.79 Å². The SMILES string of the molecule is O=C(C1=CCCCO1)N1CCn2cccc2C1c1ccccc1. The Morgan fingerprint density at radius 1 is 1.09 bits per heavy atom. The van der Waals surface area contributed by atoms with Crippen molar-refractivity contribution in [2.45, 2.75) is 25.4 Å². The first-order chi connectivity index (χ1) is 11.3. The number of rotatable bonds is 2. The van der Waals surface area contributed by atoms with Crippen LogP contribution in [0.4, 0.5) is 0 Å². The lowest BCUT2D eigenvalue weighted by molar-refractivity contribution is -0.133. The number of allylic oxidation sites excluding steroid dienone is 1. The molecule has 3 heterocycles. The molecule has 2 aliphatic rings. The minimum atomic E-state index is -0.0566. The van der Waals surface area contributed by atoms with E-state index in [1.54, 1.807) is 0 Å². The maximum atomic E-state index is 13.0. The summed E-state index contributed by atoms with van der Waals surface area (Å²) in [7, 11) is 0. The standard InChI is InChI=1S/C19H20N2O2/c22-19(17-10-4-5-14-23-17)21-13-12-20-11-6-9-16(20)18(21)15-7-2-1-3-8-15/h1-3,6-11,18H,4-5,12-14H2. The Kier molecular flexibility index (Phi) is 3.66. The van der Waals surface area contributed by atoms with Gasteiger partial charge in [-0.25, -0.2) is 0 Å². The van der Waals surface area contributed by atoms with Gasteiger partial charge in [0.15, 0.2) is 5.76 Å². The van der Waals surface area contributed by atoms with Crippen molar-refractivity contribution in [1.82, 2.24) is 9.47 Å². The average Bonchev–Trinajstić information content (AvgIpc) is 3.10. The van der Waals surface area contributed by atoms with Crippen LogP contribution in [0.3, 0.4) is 0 Å². The topological polar surface area (TPSA) is 34.5 Å². The molecule has 1 unspecified atom stereocenters. The van der Waals surface area contributed by atoms with Gasteiger partial charge in [-0.1, -0.05) is 30.3 Å². The zero-order valence-corrected chi connectivity index (χ0v) is 13.0. The number of carbonyl (C=O) groups is 1. The molecule has 1 amide bonds. The monoisotopic (exact) mass is 308 g/mol. The lowest BCUT2D eigenvalue weighted by Crippen LogP contribution is -2.43. The van der Waals surface area contributed by atoms with Gasteiger partial charge in [0.2, 0.25) is 0 Å². The normalized spacial score (nSPS) is 20.4. The van der Waals surface area contributed by atoms with Gasteiger partial charge in [0, 0.05) is 25.0 Å². The van der Waals surface area contributed by atoms with Crippen molar-refractivity contribution in [3.05, 3.63) is 71.8 Å². The second kappa shape index (κ2) is 5.95. The number of amides is 1. The van der Waals surface area contributed by atoms with Crippen molar-refractivity contribution in [2.75, 3.05) is 13.2 Å². The highest BCUT2D eigenvalue weighted by Crippen LogP contribution is 2.33. The molecule has 0 bridgehead atoms. The minimum Gasteiger partial charge on any atom is -0.488 e. The maximum absolute atomic E-state index is 13.0. The van der Waals surface area contributed by atoms with E-state index in [4.69, 9.17) is 4.74 Å². The lowest BCUT2D eigenvalue weighted by Gasteiger charge is -2.38. The van der Waals surface area contributed by atoms with Gasteiger partial charge < -0.3 is 14.2 Å². The van der Waals surface area contributed by atoms with Crippen LogP contribution in [-0.2, 0) is 16.1 Å². The third-order valence-corrected chi connectivity index (χ3v) is 4.56. The number of hydrogen-bond acceptors (Lipinski definition) is 2. The molecule has 0 fully saturated rings. The molecule has 0 spiro atoms. The summed E-state index contributed by atoms with van der Waals surface area (Å²) in [6.45, 7) is 2.16. The summed E-state index contributed by atoms with van der Waals surface area (Å²) >= 11 is 0. The third kappa shape index (κ3) is 2.54. The van der Waals surface area contributed by atoms with E-state index in [1.807, 2.05) is 29.2 Å². The van der Waals surface area contributed by atoms with Crippen LogP contribution in [0, 0.1) is 0 Å². The van der Waals surface area contributed by atoms with Gasteiger partial charge in [0.05, 0.1) is 12.6 Å². The van der Waals surface area contributed by atoms with E-state index in [1.165, 1.54) is 0 Å². The number of hydrogen-bond donors (Lipinski definition) is 0. The Morgan fingerprint density at radius 3 is 2.74 bits per heavy atom. The summed E-state index contributed by atoms with van der Waals surface area (Å²) in [6, 6.07) is 14.3. The van der Waals surface area contributed by atoms with Crippen LogP contribution < -0.4 is 0 Å². The Bertz CT molecular complexity index is 733. The molecular formula is C19H20N2O2. The van der Waals surface area contributed by atoms with Gasteiger partial charge in [0.25, 0.3) is 5.91 Å². The Hall–Kier alpha value is -2.49. The van der Waals surface area contributed by atoms with Gasteiger partial charge >= 0.3 is 0 Å². The third-order valence-electron chi connectivity index (χ3n) is 4.56. The second-order valence-corrected chi connectivity index (χ2v) is 6.00. The van der Waals surface area contributed by atoms with Gasteiger partial charge in [-0.05, 0) is 36.6 Å². The number of fused-ring (bicyclic) bond motifs is 1. The Morgan fingerprint density at radius 2 is 1.96 bits per heavy atom. The first-order valence-corrected chi connectivity index (χ1v) is 8.18. The van der Waals surface area contributed by atoms with Crippen molar-refractivity contribution < 1.29 is 9.53 Å². The van der Waals surface area contributed by atoms with Crippen LogP contribution in [0.15, 0.2) is 60.5 Å². The molecule has 4 rings (SSSR count). The molecule has 2 aromatic rings. The zero-order valence-electron chi connectivity index (χ0n) is 13.0. The summed E-state index contributed by atoms with van der Waals surface area (Å²) in [5.41, 5.74) is 2.30. The van der Waals surface area contributed by atoms with E-state index in [2.05, 4.69) is 35.0 Å². The number of ether oxygens (including phenoxy) is 1. The fraction of sp³-hybridized carbons (Fsp3) is 0.316. The second-order valence-electron chi connectivity index (χ2n) is 6.00. The molecule has 1 atom stereocenters. The fourth-order valence-corrected chi connectivity index (χ4v) is 3.44. The van der Waals surface area contributed by atoms with Gasteiger partial charge in [-0.3, -0.25) is 4.79 Å². The number of benzene rings is 1. The zero-order chi connectivity index (χ0) is 15.6. The highest BCUT2D eigenvalue weighted by atomic mass is 16.5. The van der Waals surface area contributed by atoms with Crippen molar-refractivity contribution in [3.63, 3.8) is 0 Å². The quantitative estimate of drug-likeness (QED) is 0.854. The fourth-order valence-electron chi connectivity index (χ4n) is 3.44. The molecule has 1 aromatic carbocycles.